The molecule has 0 aromatic heterocycles. The molecule has 2 rings (SSSR count). The molecule has 110 valence electrons. The van der Waals surface area contributed by atoms with Gasteiger partial charge in [-0.15, -0.1) is 0 Å². The van der Waals surface area contributed by atoms with Gasteiger partial charge in [-0.1, -0.05) is 37.4 Å². The van der Waals surface area contributed by atoms with E-state index in [0.717, 1.165) is 29.1 Å². The average molecular weight is 282 g/mol. The lowest BCUT2D eigenvalue weighted by Crippen LogP contribution is -2.34. The Morgan fingerprint density at radius 1 is 1.48 bits per heavy atom. The lowest BCUT2D eigenvalue weighted by atomic mass is 9.99. The Labute approximate surface area is 126 Å². The van der Waals surface area contributed by atoms with Crippen molar-refractivity contribution < 1.29 is 4.74 Å². The average Bonchev–Trinajstić information content (AvgIpc) is 2.53. The van der Waals surface area contributed by atoms with E-state index in [-0.39, 0.29) is 6.04 Å². The fraction of sp³-hybridized carbons (Fsp3) is 0.222. The van der Waals surface area contributed by atoms with Gasteiger partial charge in [0.15, 0.2) is 0 Å². The number of ether oxygens (including phenoxy) is 1. The summed E-state index contributed by atoms with van der Waals surface area (Å²) in [4.78, 5) is 0. The SMILES string of the molecule is C=CC1=CC(Cc2cccc(OC)c2)NC(C(=C)NC)=C1. The maximum absolute atomic E-state index is 5.28. The molecule has 21 heavy (non-hydrogen) atoms. The van der Waals surface area contributed by atoms with Crippen LogP contribution in [0, 0.1) is 0 Å². The molecule has 1 aliphatic heterocycles. The fourth-order valence-corrected chi connectivity index (χ4v) is 2.33. The van der Waals surface area contributed by atoms with Gasteiger partial charge in [0, 0.05) is 13.1 Å². The third-order valence-electron chi connectivity index (χ3n) is 3.50. The van der Waals surface area contributed by atoms with Gasteiger partial charge >= 0.3 is 0 Å². The highest BCUT2D eigenvalue weighted by molar-refractivity contribution is 5.43. The standard InChI is InChI=1S/C18H22N2O/c1-5-14-9-16(20-18(12-14)13(2)19-3)10-15-7-6-8-17(11-15)21-4/h5-9,11-12,16,19-20H,1-2,10H2,3-4H3. The van der Waals surface area contributed by atoms with Gasteiger partial charge in [-0.3, -0.25) is 0 Å². The van der Waals surface area contributed by atoms with Crippen molar-refractivity contribution in [3.8, 4) is 5.75 Å². The van der Waals surface area contributed by atoms with Crippen LogP contribution >= 0.6 is 0 Å². The summed E-state index contributed by atoms with van der Waals surface area (Å²) in [5, 5.41) is 6.56. The van der Waals surface area contributed by atoms with E-state index in [0.29, 0.717) is 0 Å². The lowest BCUT2D eigenvalue weighted by molar-refractivity contribution is 0.414. The highest BCUT2D eigenvalue weighted by Gasteiger charge is 2.15. The number of dihydropyridines is 1. The van der Waals surface area contributed by atoms with Crippen LogP contribution in [0.15, 0.2) is 72.6 Å². The van der Waals surface area contributed by atoms with Crippen LogP contribution in [0.3, 0.4) is 0 Å². The third-order valence-corrected chi connectivity index (χ3v) is 3.50. The van der Waals surface area contributed by atoms with Crippen LogP contribution < -0.4 is 15.4 Å². The molecule has 2 N–H and O–H groups in total. The molecule has 0 bridgehead atoms. The largest absolute Gasteiger partial charge is 0.497 e. The minimum Gasteiger partial charge on any atom is -0.497 e. The molecule has 1 unspecified atom stereocenters. The van der Waals surface area contributed by atoms with Crippen LogP contribution in [0.2, 0.25) is 0 Å². The van der Waals surface area contributed by atoms with E-state index in [2.05, 4.69) is 42.0 Å². The second-order valence-corrected chi connectivity index (χ2v) is 4.96. The van der Waals surface area contributed by atoms with E-state index in [1.807, 2.05) is 31.3 Å². The first-order valence-corrected chi connectivity index (χ1v) is 6.98. The quantitative estimate of drug-likeness (QED) is 0.841. The highest BCUT2D eigenvalue weighted by Crippen LogP contribution is 2.19. The summed E-state index contributed by atoms with van der Waals surface area (Å²) in [7, 11) is 3.55. The van der Waals surface area contributed by atoms with Crippen LogP contribution in [0.5, 0.6) is 5.75 Å². The van der Waals surface area contributed by atoms with Crippen LogP contribution in [0.4, 0.5) is 0 Å². The van der Waals surface area contributed by atoms with E-state index in [9.17, 15) is 0 Å². The number of benzene rings is 1. The molecule has 1 aromatic rings. The van der Waals surface area contributed by atoms with Gasteiger partial charge in [-0.2, -0.15) is 0 Å². The maximum Gasteiger partial charge on any atom is 0.119 e. The number of methoxy groups -OCH3 is 1. The van der Waals surface area contributed by atoms with Crippen molar-refractivity contribution in [3.63, 3.8) is 0 Å². The van der Waals surface area contributed by atoms with Gasteiger partial charge in [0.25, 0.3) is 0 Å². The van der Waals surface area contributed by atoms with Gasteiger partial charge in [-0.25, -0.2) is 0 Å². The predicted molar refractivity (Wildman–Crippen MR) is 88.2 cm³/mol. The van der Waals surface area contributed by atoms with Crippen LogP contribution in [-0.2, 0) is 6.42 Å². The van der Waals surface area contributed by atoms with Crippen LogP contribution in [0.25, 0.3) is 0 Å². The zero-order chi connectivity index (χ0) is 15.2. The van der Waals surface area contributed by atoms with E-state index in [4.69, 9.17) is 4.74 Å². The number of allylic oxidation sites excluding steroid dienone is 3. The number of hydrogen-bond acceptors (Lipinski definition) is 3. The summed E-state index contributed by atoms with van der Waals surface area (Å²) >= 11 is 0. The monoisotopic (exact) mass is 282 g/mol. The second kappa shape index (κ2) is 6.84. The van der Waals surface area contributed by atoms with Crippen molar-refractivity contribution in [1.29, 1.82) is 0 Å². The molecular formula is C18H22N2O. The predicted octanol–water partition coefficient (Wildman–Crippen LogP) is 2.94. The molecular weight excluding hydrogens is 260 g/mol. The minimum absolute atomic E-state index is 0.204. The summed E-state index contributed by atoms with van der Waals surface area (Å²) < 4.78 is 5.28. The van der Waals surface area contributed by atoms with Crippen molar-refractivity contribution in [2.24, 2.45) is 0 Å². The molecule has 0 saturated carbocycles. The van der Waals surface area contributed by atoms with E-state index in [1.165, 1.54) is 5.56 Å². The molecule has 1 aliphatic rings. The Balaban J connectivity index is 2.17. The second-order valence-electron chi connectivity index (χ2n) is 4.96. The van der Waals surface area contributed by atoms with Crippen molar-refractivity contribution in [2.45, 2.75) is 12.5 Å². The number of likely N-dealkylation sites (N-methyl/N-ethyl adjacent to an activating group) is 1. The van der Waals surface area contributed by atoms with E-state index < -0.39 is 0 Å². The third kappa shape index (κ3) is 3.78. The summed E-state index contributed by atoms with van der Waals surface area (Å²) in [6.45, 7) is 7.87. The Bertz CT molecular complexity index is 599. The fourth-order valence-electron chi connectivity index (χ4n) is 2.33. The number of hydrogen-bond donors (Lipinski definition) is 2. The molecule has 0 spiro atoms. The van der Waals surface area contributed by atoms with Crippen molar-refractivity contribution >= 4 is 0 Å². The van der Waals surface area contributed by atoms with Crippen LogP contribution in [0.1, 0.15) is 5.56 Å². The van der Waals surface area contributed by atoms with Gasteiger partial charge in [-0.05, 0) is 35.8 Å². The zero-order valence-corrected chi connectivity index (χ0v) is 12.6. The molecule has 0 fully saturated rings. The number of rotatable bonds is 6. The minimum atomic E-state index is 0.204. The van der Waals surface area contributed by atoms with Gasteiger partial charge in [0.1, 0.15) is 5.75 Å². The molecule has 0 radical (unpaired) electrons. The van der Waals surface area contributed by atoms with Gasteiger partial charge in [0.2, 0.25) is 0 Å². The van der Waals surface area contributed by atoms with Gasteiger partial charge < -0.3 is 15.4 Å². The van der Waals surface area contributed by atoms with Crippen molar-refractivity contribution in [2.75, 3.05) is 14.2 Å². The highest BCUT2D eigenvalue weighted by atomic mass is 16.5. The molecule has 0 aliphatic carbocycles. The summed E-state index contributed by atoms with van der Waals surface area (Å²) in [6.07, 6.45) is 6.97. The lowest BCUT2D eigenvalue weighted by Gasteiger charge is -2.25. The van der Waals surface area contributed by atoms with E-state index >= 15 is 0 Å². The first kappa shape index (κ1) is 15.0. The van der Waals surface area contributed by atoms with E-state index in [1.54, 1.807) is 7.11 Å². The van der Waals surface area contributed by atoms with Crippen molar-refractivity contribution in [1.82, 2.24) is 10.6 Å². The first-order chi connectivity index (χ1) is 10.2. The maximum atomic E-state index is 5.28. The Hall–Kier alpha value is -2.42. The Morgan fingerprint density at radius 2 is 2.29 bits per heavy atom. The number of nitrogens with one attached hydrogen (secondary N) is 2. The first-order valence-electron chi connectivity index (χ1n) is 6.98. The van der Waals surface area contributed by atoms with Crippen molar-refractivity contribution in [3.05, 3.63) is 78.2 Å². The molecule has 1 heterocycles. The Morgan fingerprint density at radius 3 is 2.95 bits per heavy atom. The van der Waals surface area contributed by atoms with Gasteiger partial charge in [0.05, 0.1) is 18.5 Å². The molecule has 0 saturated heterocycles. The molecule has 3 heteroatoms. The molecule has 3 nitrogen and oxygen atoms in total. The summed E-state index contributed by atoms with van der Waals surface area (Å²) in [5.74, 6) is 0.881. The smallest absolute Gasteiger partial charge is 0.119 e. The van der Waals surface area contributed by atoms with Crippen LogP contribution in [-0.4, -0.2) is 20.2 Å². The summed E-state index contributed by atoms with van der Waals surface area (Å²) in [6, 6.07) is 8.34. The Kier molecular flexibility index (Phi) is 4.88. The molecule has 0 amide bonds. The molecule has 1 aromatic carbocycles. The molecule has 1 atom stereocenters. The topological polar surface area (TPSA) is 33.3 Å². The summed E-state index contributed by atoms with van der Waals surface area (Å²) in [5.41, 5.74) is 4.21. The zero-order valence-electron chi connectivity index (χ0n) is 12.6. The normalized spacial score (nSPS) is 17.1.